The third-order valence-corrected chi connectivity index (χ3v) is 3.31. The van der Waals surface area contributed by atoms with Crippen LogP contribution in [0.15, 0.2) is 35.5 Å². The molecule has 0 radical (unpaired) electrons. The summed E-state index contributed by atoms with van der Waals surface area (Å²) in [4.78, 5) is 0. The van der Waals surface area contributed by atoms with Gasteiger partial charge in [0.05, 0.1) is 0 Å². The maximum absolute atomic E-state index is 3.46. The van der Waals surface area contributed by atoms with Crippen molar-refractivity contribution in [2.24, 2.45) is 5.92 Å². The summed E-state index contributed by atoms with van der Waals surface area (Å²) in [5.41, 5.74) is 2.94. The Kier molecular flexibility index (Phi) is 3.97. The quantitative estimate of drug-likeness (QED) is 0.703. The Bertz CT molecular complexity index is 298. The highest BCUT2D eigenvalue weighted by molar-refractivity contribution is 5.49. The highest BCUT2D eigenvalue weighted by Crippen LogP contribution is 2.27. The van der Waals surface area contributed by atoms with Crippen molar-refractivity contribution >= 4 is 0 Å². The molecular formula is C14H22N2. The number of nitrogens with one attached hydrogen (secondary N) is 2. The lowest BCUT2D eigenvalue weighted by Crippen LogP contribution is -2.50. The number of piperazine rings is 1. The summed E-state index contributed by atoms with van der Waals surface area (Å²) >= 11 is 0. The van der Waals surface area contributed by atoms with Gasteiger partial charge in [0.1, 0.15) is 0 Å². The molecule has 0 unspecified atom stereocenters. The first-order chi connectivity index (χ1) is 7.75. The third kappa shape index (κ3) is 3.06. The van der Waals surface area contributed by atoms with Gasteiger partial charge in [0, 0.05) is 25.7 Å². The predicted octanol–water partition coefficient (Wildman–Crippen LogP) is 2.02. The van der Waals surface area contributed by atoms with Crippen LogP contribution in [-0.4, -0.2) is 25.7 Å². The van der Waals surface area contributed by atoms with Crippen LogP contribution in [0.5, 0.6) is 0 Å². The Morgan fingerprint density at radius 2 is 1.81 bits per heavy atom. The second-order valence-corrected chi connectivity index (χ2v) is 5.00. The zero-order chi connectivity index (χ0) is 11.4. The molecule has 0 amide bonds. The van der Waals surface area contributed by atoms with E-state index in [0.717, 1.165) is 25.6 Å². The molecule has 0 saturated carbocycles. The fourth-order valence-corrected chi connectivity index (χ4v) is 2.16. The van der Waals surface area contributed by atoms with Crippen LogP contribution >= 0.6 is 0 Å². The van der Waals surface area contributed by atoms with Crippen molar-refractivity contribution in [2.75, 3.05) is 19.6 Å². The summed E-state index contributed by atoms with van der Waals surface area (Å²) < 4.78 is 0. The van der Waals surface area contributed by atoms with Crippen molar-refractivity contribution in [3.8, 4) is 0 Å². The molecule has 16 heavy (non-hydrogen) atoms. The van der Waals surface area contributed by atoms with Crippen LogP contribution in [0.25, 0.3) is 0 Å². The van der Waals surface area contributed by atoms with E-state index in [1.807, 2.05) is 0 Å². The molecule has 1 saturated heterocycles. The van der Waals surface area contributed by atoms with Gasteiger partial charge >= 0.3 is 0 Å². The molecule has 1 atom stereocenters. The second-order valence-electron chi connectivity index (χ2n) is 5.00. The molecule has 1 aliphatic heterocycles. The van der Waals surface area contributed by atoms with Gasteiger partial charge in [0.15, 0.2) is 0 Å². The summed E-state index contributed by atoms with van der Waals surface area (Å²) in [6.07, 6.45) is 9.90. The lowest BCUT2D eigenvalue weighted by molar-refractivity contribution is 0.342. The normalized spacial score (nSPS) is 26.3. The Hall–Kier alpha value is -0.860. The van der Waals surface area contributed by atoms with Crippen molar-refractivity contribution in [3.63, 3.8) is 0 Å². The molecule has 0 aromatic heterocycles. The third-order valence-electron chi connectivity index (χ3n) is 3.31. The van der Waals surface area contributed by atoms with Gasteiger partial charge in [-0.2, -0.15) is 0 Å². The Morgan fingerprint density at radius 1 is 1.12 bits per heavy atom. The minimum atomic E-state index is 0.693. The van der Waals surface area contributed by atoms with Crippen LogP contribution in [0.1, 0.15) is 20.3 Å². The Balaban J connectivity index is 0.000000123. The molecule has 2 heteroatoms. The second kappa shape index (κ2) is 5.46. The molecule has 0 aromatic carbocycles. The Morgan fingerprint density at radius 3 is 2.06 bits per heavy atom. The van der Waals surface area contributed by atoms with Gasteiger partial charge in [0.2, 0.25) is 0 Å². The average Bonchev–Trinajstić information content (AvgIpc) is 2.95. The van der Waals surface area contributed by atoms with Gasteiger partial charge in [-0.1, -0.05) is 38.2 Å². The zero-order valence-electron chi connectivity index (χ0n) is 10.3. The largest absolute Gasteiger partial charge is 0.314 e. The van der Waals surface area contributed by atoms with Gasteiger partial charge in [0.25, 0.3) is 0 Å². The number of fused-ring (bicyclic) bond motifs is 2. The molecule has 3 aliphatic rings. The minimum absolute atomic E-state index is 0.693. The highest BCUT2D eigenvalue weighted by atomic mass is 15.1. The average molecular weight is 218 g/mol. The number of hydrogen-bond donors (Lipinski definition) is 2. The molecule has 2 nitrogen and oxygen atoms in total. The van der Waals surface area contributed by atoms with Crippen LogP contribution < -0.4 is 10.6 Å². The van der Waals surface area contributed by atoms with Crippen LogP contribution in [0.2, 0.25) is 0 Å². The summed E-state index contributed by atoms with van der Waals surface area (Å²) in [6.45, 7) is 7.90. The van der Waals surface area contributed by atoms with E-state index in [2.05, 4.69) is 48.8 Å². The van der Waals surface area contributed by atoms with E-state index in [4.69, 9.17) is 0 Å². The molecule has 2 aliphatic carbocycles. The minimum Gasteiger partial charge on any atom is -0.314 e. The molecule has 2 bridgehead atoms. The van der Waals surface area contributed by atoms with Crippen LogP contribution in [-0.2, 0) is 0 Å². The van der Waals surface area contributed by atoms with Crippen molar-refractivity contribution in [2.45, 2.75) is 26.3 Å². The predicted molar refractivity (Wildman–Crippen MR) is 69.4 cm³/mol. The van der Waals surface area contributed by atoms with Gasteiger partial charge in [-0.25, -0.2) is 0 Å². The van der Waals surface area contributed by atoms with Crippen LogP contribution in [0, 0.1) is 5.92 Å². The van der Waals surface area contributed by atoms with E-state index in [-0.39, 0.29) is 0 Å². The standard InChI is InChI=1S/C7H16N2.C7H6/c1-6(2)7-5-8-3-4-9-7;1-2-7-4-3-6(1)5-7/h6-9H,3-5H2,1-2H3;1-4H,5H2/t7-;/m1./s1. The van der Waals surface area contributed by atoms with Crippen molar-refractivity contribution < 1.29 is 0 Å². The van der Waals surface area contributed by atoms with E-state index in [0.29, 0.717) is 6.04 Å². The van der Waals surface area contributed by atoms with Crippen molar-refractivity contribution in [3.05, 3.63) is 35.5 Å². The van der Waals surface area contributed by atoms with Crippen molar-refractivity contribution in [1.82, 2.24) is 10.6 Å². The molecule has 2 N–H and O–H groups in total. The van der Waals surface area contributed by atoms with Gasteiger partial charge in [-0.15, -0.1) is 0 Å². The number of allylic oxidation sites excluding steroid dienone is 6. The number of hydrogen-bond acceptors (Lipinski definition) is 2. The number of rotatable bonds is 1. The molecule has 3 rings (SSSR count). The lowest BCUT2D eigenvalue weighted by atomic mass is 10.0. The fraction of sp³-hybridized carbons (Fsp3) is 0.571. The SMILES string of the molecule is C1=CC2=CC=C1C2.CC(C)[C@H]1CNCCN1. The first-order valence-corrected chi connectivity index (χ1v) is 6.27. The van der Waals surface area contributed by atoms with Gasteiger partial charge in [-0.05, 0) is 23.5 Å². The summed E-state index contributed by atoms with van der Waals surface area (Å²) in [5, 5.41) is 6.81. The first-order valence-electron chi connectivity index (χ1n) is 6.27. The lowest BCUT2D eigenvalue weighted by Gasteiger charge is -2.27. The van der Waals surface area contributed by atoms with Crippen LogP contribution in [0.4, 0.5) is 0 Å². The van der Waals surface area contributed by atoms with E-state index in [1.54, 1.807) is 0 Å². The van der Waals surface area contributed by atoms with Crippen molar-refractivity contribution in [1.29, 1.82) is 0 Å². The molecular weight excluding hydrogens is 196 g/mol. The molecule has 0 spiro atoms. The Labute approximate surface area is 98.5 Å². The molecule has 1 fully saturated rings. The van der Waals surface area contributed by atoms with E-state index in [9.17, 15) is 0 Å². The summed E-state index contributed by atoms with van der Waals surface area (Å²) in [5.74, 6) is 0.762. The maximum Gasteiger partial charge on any atom is 0.0215 e. The monoisotopic (exact) mass is 218 g/mol. The van der Waals surface area contributed by atoms with E-state index >= 15 is 0 Å². The summed E-state index contributed by atoms with van der Waals surface area (Å²) in [7, 11) is 0. The van der Waals surface area contributed by atoms with E-state index < -0.39 is 0 Å². The first kappa shape index (κ1) is 11.6. The van der Waals surface area contributed by atoms with Crippen LogP contribution in [0.3, 0.4) is 0 Å². The smallest absolute Gasteiger partial charge is 0.0215 e. The van der Waals surface area contributed by atoms with Gasteiger partial charge in [-0.3, -0.25) is 0 Å². The topological polar surface area (TPSA) is 24.1 Å². The maximum atomic E-state index is 3.46. The molecule has 0 aromatic rings. The molecule has 1 heterocycles. The van der Waals surface area contributed by atoms with Gasteiger partial charge < -0.3 is 10.6 Å². The highest BCUT2D eigenvalue weighted by Gasteiger charge is 2.14. The molecule has 88 valence electrons. The summed E-state index contributed by atoms with van der Waals surface area (Å²) in [6, 6.07) is 0.693. The van der Waals surface area contributed by atoms with E-state index in [1.165, 1.54) is 17.6 Å². The zero-order valence-corrected chi connectivity index (χ0v) is 10.3. The fourth-order valence-electron chi connectivity index (χ4n) is 2.16.